The zero-order chi connectivity index (χ0) is 32.0. The van der Waals surface area contributed by atoms with Crippen molar-refractivity contribution in [1.29, 1.82) is 0 Å². The Morgan fingerprint density at radius 2 is 1.70 bits per heavy atom. The van der Waals surface area contributed by atoms with Crippen LogP contribution < -0.4 is 5.32 Å². The van der Waals surface area contributed by atoms with Gasteiger partial charge in [0.2, 0.25) is 5.95 Å². The molecule has 0 radical (unpaired) electrons. The van der Waals surface area contributed by atoms with Crippen molar-refractivity contribution in [2.75, 3.05) is 31.5 Å². The molecule has 0 saturated carbocycles. The summed E-state index contributed by atoms with van der Waals surface area (Å²) < 4.78 is 62.0. The zero-order valence-electron chi connectivity index (χ0n) is 24.4. The molecular formula is C32H32F4N4O4. The van der Waals surface area contributed by atoms with E-state index in [2.05, 4.69) is 22.1 Å². The number of halogens is 4. The van der Waals surface area contributed by atoms with Gasteiger partial charge in [-0.05, 0) is 68.7 Å². The highest BCUT2D eigenvalue weighted by atomic mass is 19.1. The molecule has 0 bridgehead atoms. The van der Waals surface area contributed by atoms with E-state index in [4.69, 9.17) is 4.74 Å². The van der Waals surface area contributed by atoms with Gasteiger partial charge in [0, 0.05) is 37.8 Å². The standard InChI is InChI=1S/C32H32F4N4O4/c1-32(2,3)44-31(43)39-14-15-40(30(41)42)26(19-39)9-6-21-10-12-38-29(36)28(21)37-13-11-27(20-4-7-23(33)8-5-20)22-16-24(34)18-25(35)17-22/h4-5,7-8,10,12,16-18,26-27,37H,11,13-15,19H2,1-3H3,(H,41,42)/t26?,27-/m0/s1. The van der Waals surface area contributed by atoms with Crippen LogP contribution in [0.15, 0.2) is 54.7 Å². The molecule has 2 aromatic carbocycles. The molecule has 2 heterocycles. The number of carbonyl (C=O) groups is 2. The normalized spacial score (nSPS) is 15.7. The number of nitrogens with one attached hydrogen (secondary N) is 1. The first-order chi connectivity index (χ1) is 20.8. The van der Waals surface area contributed by atoms with E-state index in [1.54, 1.807) is 20.8 Å². The summed E-state index contributed by atoms with van der Waals surface area (Å²) in [5, 5.41) is 12.6. The summed E-state index contributed by atoms with van der Waals surface area (Å²) >= 11 is 0. The minimum absolute atomic E-state index is 0.00911. The molecule has 0 aliphatic carbocycles. The first kappa shape index (κ1) is 32.1. The second-order valence-corrected chi connectivity index (χ2v) is 11.2. The van der Waals surface area contributed by atoms with Crippen LogP contribution in [0.1, 0.15) is 49.8 Å². The monoisotopic (exact) mass is 612 g/mol. The maximum absolute atomic E-state index is 14.9. The Hall–Kier alpha value is -4.79. The molecule has 1 saturated heterocycles. The van der Waals surface area contributed by atoms with Crippen LogP contribution in [-0.2, 0) is 4.74 Å². The molecule has 4 rings (SSSR count). The molecule has 3 aromatic rings. The van der Waals surface area contributed by atoms with E-state index in [1.165, 1.54) is 53.6 Å². The van der Waals surface area contributed by atoms with Gasteiger partial charge < -0.3 is 20.1 Å². The van der Waals surface area contributed by atoms with Gasteiger partial charge in [0.25, 0.3) is 0 Å². The van der Waals surface area contributed by atoms with Gasteiger partial charge >= 0.3 is 12.2 Å². The van der Waals surface area contributed by atoms with Crippen molar-refractivity contribution >= 4 is 17.9 Å². The first-order valence-corrected chi connectivity index (χ1v) is 13.9. The van der Waals surface area contributed by atoms with Crippen LogP contribution in [0.25, 0.3) is 0 Å². The molecule has 232 valence electrons. The number of carboxylic acid groups (broad SMARTS) is 1. The third-order valence-corrected chi connectivity index (χ3v) is 6.85. The predicted octanol–water partition coefficient (Wildman–Crippen LogP) is 6.22. The van der Waals surface area contributed by atoms with Gasteiger partial charge in [-0.15, -0.1) is 0 Å². The molecular weight excluding hydrogens is 580 g/mol. The summed E-state index contributed by atoms with van der Waals surface area (Å²) in [5.74, 6) is 2.25. The van der Waals surface area contributed by atoms with E-state index in [9.17, 15) is 32.3 Å². The van der Waals surface area contributed by atoms with Crippen LogP contribution in [0, 0.1) is 35.2 Å². The smallest absolute Gasteiger partial charge is 0.410 e. The molecule has 2 amide bonds. The molecule has 2 N–H and O–H groups in total. The molecule has 2 atom stereocenters. The lowest BCUT2D eigenvalue weighted by molar-refractivity contribution is 0.0104. The Bertz CT molecular complexity index is 1550. The Morgan fingerprint density at radius 1 is 1.02 bits per heavy atom. The zero-order valence-corrected chi connectivity index (χ0v) is 24.4. The average Bonchev–Trinajstić information content (AvgIpc) is 2.94. The third-order valence-electron chi connectivity index (χ3n) is 6.85. The first-order valence-electron chi connectivity index (χ1n) is 13.9. The lowest BCUT2D eigenvalue weighted by Gasteiger charge is -2.38. The van der Waals surface area contributed by atoms with Crippen LogP contribution in [0.4, 0.5) is 32.8 Å². The van der Waals surface area contributed by atoms with Crippen LogP contribution >= 0.6 is 0 Å². The molecule has 1 aliphatic heterocycles. The second kappa shape index (κ2) is 13.7. The number of hydrogen-bond acceptors (Lipinski definition) is 5. The molecule has 8 nitrogen and oxygen atoms in total. The van der Waals surface area contributed by atoms with E-state index in [1.807, 2.05) is 0 Å². The second-order valence-electron chi connectivity index (χ2n) is 11.2. The molecule has 0 spiro atoms. The Labute approximate surface area is 252 Å². The summed E-state index contributed by atoms with van der Waals surface area (Å²) in [6, 6.07) is 9.21. The lowest BCUT2D eigenvalue weighted by atomic mass is 9.88. The van der Waals surface area contributed by atoms with Crippen molar-refractivity contribution in [1.82, 2.24) is 14.8 Å². The minimum atomic E-state index is -1.21. The molecule has 1 fully saturated rings. The van der Waals surface area contributed by atoms with Crippen molar-refractivity contribution in [3.8, 4) is 11.8 Å². The number of piperazine rings is 1. The molecule has 1 unspecified atom stereocenters. The van der Waals surface area contributed by atoms with Crippen molar-refractivity contribution in [3.05, 3.63) is 94.8 Å². The lowest BCUT2D eigenvalue weighted by Crippen LogP contribution is -2.56. The van der Waals surface area contributed by atoms with E-state index in [0.717, 1.165) is 11.0 Å². The maximum atomic E-state index is 14.9. The highest BCUT2D eigenvalue weighted by molar-refractivity contribution is 5.71. The fourth-order valence-corrected chi connectivity index (χ4v) is 4.84. The summed E-state index contributed by atoms with van der Waals surface area (Å²) in [6.45, 7) is 5.36. The summed E-state index contributed by atoms with van der Waals surface area (Å²) in [5.41, 5.74) is 0.321. The number of nitrogens with zero attached hydrogens (tertiary/aromatic N) is 3. The number of carbonyl (C=O) groups excluding carboxylic acids is 1. The van der Waals surface area contributed by atoms with E-state index in [0.29, 0.717) is 11.1 Å². The minimum Gasteiger partial charge on any atom is -0.465 e. The quantitative estimate of drug-likeness (QED) is 0.195. The van der Waals surface area contributed by atoms with Crippen LogP contribution in [0.3, 0.4) is 0 Å². The summed E-state index contributed by atoms with van der Waals surface area (Å²) in [7, 11) is 0. The number of amides is 2. The number of hydrogen-bond donors (Lipinski definition) is 2. The number of rotatable bonds is 6. The topological polar surface area (TPSA) is 95.0 Å². The number of ether oxygens (including phenoxy) is 1. The summed E-state index contributed by atoms with van der Waals surface area (Å²) in [6.07, 6.45) is -0.367. The Balaban J connectivity index is 1.55. The van der Waals surface area contributed by atoms with Gasteiger partial charge in [-0.25, -0.2) is 27.7 Å². The van der Waals surface area contributed by atoms with Crippen LogP contribution in [0.2, 0.25) is 0 Å². The van der Waals surface area contributed by atoms with Gasteiger partial charge in [-0.1, -0.05) is 24.0 Å². The molecule has 12 heteroatoms. The SMILES string of the molecule is CC(C)(C)OC(=O)N1CCN(C(=O)O)C(C#Cc2ccnc(F)c2NCC[C@@H](c2ccc(F)cc2)c2cc(F)cc(F)c2)C1. The number of anilines is 1. The maximum Gasteiger partial charge on any atom is 0.410 e. The Morgan fingerprint density at radius 3 is 2.34 bits per heavy atom. The number of benzene rings is 2. The van der Waals surface area contributed by atoms with E-state index < -0.39 is 53.1 Å². The highest BCUT2D eigenvalue weighted by Crippen LogP contribution is 2.30. The van der Waals surface area contributed by atoms with Crippen molar-refractivity contribution in [3.63, 3.8) is 0 Å². The third kappa shape index (κ3) is 8.40. The fourth-order valence-electron chi connectivity index (χ4n) is 4.84. The van der Waals surface area contributed by atoms with Crippen LogP contribution in [-0.4, -0.2) is 69.9 Å². The molecule has 1 aromatic heterocycles. The van der Waals surface area contributed by atoms with E-state index in [-0.39, 0.29) is 43.9 Å². The van der Waals surface area contributed by atoms with Crippen molar-refractivity contribution in [2.45, 2.75) is 44.8 Å². The fraction of sp³-hybridized carbons (Fsp3) is 0.344. The molecule has 1 aliphatic rings. The average molecular weight is 613 g/mol. The van der Waals surface area contributed by atoms with Gasteiger partial charge in [0.1, 0.15) is 34.8 Å². The van der Waals surface area contributed by atoms with Gasteiger partial charge in [-0.2, -0.15) is 4.39 Å². The Kier molecular flexibility index (Phi) is 9.98. The number of aromatic nitrogens is 1. The van der Waals surface area contributed by atoms with Crippen molar-refractivity contribution in [2.24, 2.45) is 0 Å². The van der Waals surface area contributed by atoms with Gasteiger partial charge in [-0.3, -0.25) is 4.90 Å². The predicted molar refractivity (Wildman–Crippen MR) is 155 cm³/mol. The van der Waals surface area contributed by atoms with E-state index >= 15 is 0 Å². The largest absolute Gasteiger partial charge is 0.465 e. The summed E-state index contributed by atoms with van der Waals surface area (Å²) in [4.78, 5) is 30.6. The molecule has 44 heavy (non-hydrogen) atoms. The van der Waals surface area contributed by atoms with Gasteiger partial charge in [0.05, 0.1) is 12.1 Å². The van der Waals surface area contributed by atoms with Gasteiger partial charge in [0.15, 0.2) is 0 Å². The van der Waals surface area contributed by atoms with Crippen molar-refractivity contribution < 1.29 is 37.0 Å². The van der Waals surface area contributed by atoms with Crippen LogP contribution in [0.5, 0.6) is 0 Å². The number of pyridine rings is 1. The highest BCUT2D eigenvalue weighted by Gasteiger charge is 2.33.